The molecule has 2 N–H and O–H groups in total. The van der Waals surface area contributed by atoms with Crippen LogP contribution in [0.15, 0.2) is 46.9 Å². The maximum Gasteiger partial charge on any atom is 0.241 e. The van der Waals surface area contributed by atoms with Crippen molar-refractivity contribution >= 4 is 38.7 Å². The molecule has 1 amide bonds. The van der Waals surface area contributed by atoms with Gasteiger partial charge in [-0.3, -0.25) is 4.79 Å². The molecule has 2 aromatic carbocycles. The summed E-state index contributed by atoms with van der Waals surface area (Å²) < 4.78 is 0.975. The summed E-state index contributed by atoms with van der Waals surface area (Å²) in [6, 6.07) is 12.0. The van der Waals surface area contributed by atoms with E-state index in [0.29, 0.717) is 0 Å². The van der Waals surface area contributed by atoms with Gasteiger partial charge in [-0.1, -0.05) is 36.4 Å². The second-order valence-corrected chi connectivity index (χ2v) is 4.22. The Morgan fingerprint density at radius 2 is 1.94 bits per heavy atom. The second-order valence-electron chi connectivity index (χ2n) is 3.43. The molecule has 2 aromatic rings. The van der Waals surface area contributed by atoms with Gasteiger partial charge in [-0.05, 0) is 38.3 Å². The number of primary amides is 1. The molecule has 0 heterocycles. The van der Waals surface area contributed by atoms with Crippen molar-refractivity contribution in [3.63, 3.8) is 0 Å². The van der Waals surface area contributed by atoms with Crippen LogP contribution in [0.2, 0.25) is 0 Å². The Hall–Kier alpha value is -1.61. The van der Waals surface area contributed by atoms with E-state index < -0.39 is 5.91 Å². The minimum atomic E-state index is -0.444. The molecule has 0 unspecified atom stereocenters. The van der Waals surface area contributed by atoms with Crippen molar-refractivity contribution in [3.05, 3.63) is 52.5 Å². The van der Waals surface area contributed by atoms with E-state index in [1.165, 1.54) is 6.08 Å². The van der Waals surface area contributed by atoms with Crippen LogP contribution in [0.3, 0.4) is 0 Å². The smallest absolute Gasteiger partial charge is 0.241 e. The molecule has 0 spiro atoms. The highest BCUT2D eigenvalue weighted by atomic mass is 79.9. The fraction of sp³-hybridized carbons (Fsp3) is 0. The maximum atomic E-state index is 10.7. The highest BCUT2D eigenvalue weighted by molar-refractivity contribution is 9.10. The van der Waals surface area contributed by atoms with Crippen LogP contribution in [-0.4, -0.2) is 5.91 Å². The molecule has 0 aliphatic carbocycles. The van der Waals surface area contributed by atoms with Crippen LogP contribution in [0, 0.1) is 0 Å². The van der Waals surface area contributed by atoms with E-state index in [1.54, 1.807) is 6.08 Å². The largest absolute Gasteiger partial charge is 0.366 e. The zero-order valence-corrected chi connectivity index (χ0v) is 10.1. The number of rotatable bonds is 2. The van der Waals surface area contributed by atoms with Gasteiger partial charge in [0, 0.05) is 10.5 Å². The standard InChI is InChI=1S/C13H10BrNO/c14-13-10(7-8-12(15)16)6-5-9-3-1-2-4-11(9)13/h1-8H,(H2,15,16). The molecule has 0 radical (unpaired) electrons. The monoisotopic (exact) mass is 275 g/mol. The molecule has 2 nitrogen and oxygen atoms in total. The van der Waals surface area contributed by atoms with Crippen LogP contribution in [0.25, 0.3) is 16.8 Å². The normalized spacial score (nSPS) is 11.1. The minimum absolute atomic E-state index is 0.444. The minimum Gasteiger partial charge on any atom is -0.366 e. The lowest BCUT2D eigenvalue weighted by Crippen LogP contribution is -2.05. The fourth-order valence-corrected chi connectivity index (χ4v) is 2.18. The van der Waals surface area contributed by atoms with E-state index in [1.807, 2.05) is 36.4 Å². The highest BCUT2D eigenvalue weighted by Crippen LogP contribution is 2.28. The van der Waals surface area contributed by atoms with Gasteiger partial charge in [0.25, 0.3) is 0 Å². The molecule has 0 aliphatic heterocycles. The van der Waals surface area contributed by atoms with Gasteiger partial charge in [-0.25, -0.2) is 0 Å². The number of carbonyl (C=O) groups excluding carboxylic acids is 1. The summed E-state index contributed by atoms with van der Waals surface area (Å²) in [5, 5.41) is 2.28. The number of fused-ring (bicyclic) bond motifs is 1. The third-order valence-electron chi connectivity index (χ3n) is 2.32. The number of benzene rings is 2. The van der Waals surface area contributed by atoms with Gasteiger partial charge in [0.05, 0.1) is 0 Å². The first-order valence-corrected chi connectivity index (χ1v) is 5.62. The summed E-state index contributed by atoms with van der Waals surface area (Å²) in [7, 11) is 0. The van der Waals surface area contributed by atoms with Crippen molar-refractivity contribution < 1.29 is 4.79 Å². The predicted molar refractivity (Wildman–Crippen MR) is 69.9 cm³/mol. The molecule has 3 heteroatoms. The van der Waals surface area contributed by atoms with Crippen LogP contribution in [0.1, 0.15) is 5.56 Å². The number of amides is 1. The first kappa shape index (κ1) is 10.9. The Morgan fingerprint density at radius 1 is 1.19 bits per heavy atom. The SMILES string of the molecule is NC(=O)C=Cc1ccc2ccccc2c1Br. The molecule has 0 aliphatic rings. The zero-order chi connectivity index (χ0) is 11.5. The third kappa shape index (κ3) is 2.14. The van der Waals surface area contributed by atoms with Crippen LogP contribution >= 0.6 is 15.9 Å². The molecule has 2 rings (SSSR count). The average Bonchev–Trinajstić information content (AvgIpc) is 2.28. The van der Waals surface area contributed by atoms with Gasteiger partial charge in [0.15, 0.2) is 0 Å². The summed E-state index contributed by atoms with van der Waals surface area (Å²) in [5.74, 6) is -0.444. The van der Waals surface area contributed by atoms with Crippen molar-refractivity contribution in [1.29, 1.82) is 0 Å². The summed E-state index contributed by atoms with van der Waals surface area (Å²) >= 11 is 3.53. The lowest BCUT2D eigenvalue weighted by atomic mass is 10.1. The first-order valence-electron chi connectivity index (χ1n) is 4.83. The van der Waals surface area contributed by atoms with E-state index in [0.717, 1.165) is 20.8 Å². The number of hydrogen-bond acceptors (Lipinski definition) is 1. The molecular formula is C13H10BrNO. The second kappa shape index (κ2) is 4.49. The molecule has 16 heavy (non-hydrogen) atoms. The number of halogens is 1. The van der Waals surface area contributed by atoms with E-state index in [2.05, 4.69) is 15.9 Å². The van der Waals surface area contributed by atoms with Crippen molar-refractivity contribution in [1.82, 2.24) is 0 Å². The lowest BCUT2D eigenvalue weighted by Gasteiger charge is -2.03. The average molecular weight is 276 g/mol. The van der Waals surface area contributed by atoms with Gasteiger partial charge >= 0.3 is 0 Å². The lowest BCUT2D eigenvalue weighted by molar-refractivity contribution is -0.113. The summed E-state index contributed by atoms with van der Waals surface area (Å²) in [6.45, 7) is 0. The molecular weight excluding hydrogens is 266 g/mol. The van der Waals surface area contributed by atoms with E-state index in [-0.39, 0.29) is 0 Å². The maximum absolute atomic E-state index is 10.7. The van der Waals surface area contributed by atoms with Crippen LogP contribution in [0.4, 0.5) is 0 Å². The van der Waals surface area contributed by atoms with Crippen LogP contribution in [0.5, 0.6) is 0 Å². The highest BCUT2D eigenvalue weighted by Gasteiger charge is 2.01. The molecule has 0 aromatic heterocycles. The topological polar surface area (TPSA) is 43.1 Å². The number of hydrogen-bond donors (Lipinski definition) is 1. The number of nitrogens with two attached hydrogens (primary N) is 1. The summed E-state index contributed by atoms with van der Waals surface area (Å²) in [6.07, 6.45) is 3.06. The molecule has 0 bridgehead atoms. The molecule has 0 fully saturated rings. The van der Waals surface area contributed by atoms with Gasteiger partial charge in [-0.15, -0.1) is 0 Å². The van der Waals surface area contributed by atoms with Crippen molar-refractivity contribution in [2.45, 2.75) is 0 Å². The Labute approximate surface area is 102 Å². The quantitative estimate of drug-likeness (QED) is 0.841. The first-order chi connectivity index (χ1) is 7.68. The fourth-order valence-electron chi connectivity index (χ4n) is 1.55. The summed E-state index contributed by atoms with van der Waals surface area (Å²) in [4.78, 5) is 10.7. The van der Waals surface area contributed by atoms with E-state index in [9.17, 15) is 4.79 Å². The third-order valence-corrected chi connectivity index (χ3v) is 3.21. The number of carbonyl (C=O) groups is 1. The van der Waals surface area contributed by atoms with Gasteiger partial charge in [0.1, 0.15) is 0 Å². The Morgan fingerprint density at radius 3 is 2.69 bits per heavy atom. The van der Waals surface area contributed by atoms with Gasteiger partial charge in [-0.2, -0.15) is 0 Å². The van der Waals surface area contributed by atoms with E-state index in [4.69, 9.17) is 5.73 Å². The van der Waals surface area contributed by atoms with Crippen LogP contribution < -0.4 is 5.73 Å². The molecule has 80 valence electrons. The van der Waals surface area contributed by atoms with Gasteiger partial charge in [0.2, 0.25) is 5.91 Å². The van der Waals surface area contributed by atoms with Crippen molar-refractivity contribution in [2.75, 3.05) is 0 Å². The Balaban J connectivity index is 2.56. The summed E-state index contributed by atoms with van der Waals surface area (Å²) in [5.41, 5.74) is 6.00. The van der Waals surface area contributed by atoms with E-state index >= 15 is 0 Å². The molecule has 0 saturated carbocycles. The Kier molecular flexibility index (Phi) is 3.06. The van der Waals surface area contributed by atoms with Crippen molar-refractivity contribution in [3.8, 4) is 0 Å². The zero-order valence-electron chi connectivity index (χ0n) is 8.48. The van der Waals surface area contributed by atoms with Crippen molar-refractivity contribution in [2.24, 2.45) is 5.73 Å². The Bertz CT molecular complexity index is 575. The van der Waals surface area contributed by atoms with Crippen LogP contribution in [-0.2, 0) is 4.79 Å². The molecule has 0 saturated heterocycles. The predicted octanol–water partition coefficient (Wildman–Crippen LogP) is 3.10. The molecule has 0 atom stereocenters. The van der Waals surface area contributed by atoms with Gasteiger partial charge < -0.3 is 5.73 Å².